The van der Waals surface area contributed by atoms with Crippen LogP contribution < -0.4 is 5.32 Å². The van der Waals surface area contributed by atoms with Crippen molar-refractivity contribution >= 4 is 23.2 Å². The largest absolute Gasteiger partial charge is 0.343 e. The predicted molar refractivity (Wildman–Crippen MR) is 66.8 cm³/mol. The number of nitrogens with one attached hydrogen (secondary N) is 1. The summed E-state index contributed by atoms with van der Waals surface area (Å²) < 4.78 is 0. The zero-order valence-electron chi connectivity index (χ0n) is 10.1. The normalized spacial score (nSPS) is 28.4. The lowest BCUT2D eigenvalue weighted by Crippen LogP contribution is -2.62. The molecule has 1 aliphatic carbocycles. The lowest BCUT2D eigenvalue weighted by atomic mass is 10.0. The van der Waals surface area contributed by atoms with Crippen LogP contribution in [0.1, 0.15) is 24.6 Å². The fraction of sp³-hybridized carbons (Fsp3) is 0.583. The summed E-state index contributed by atoms with van der Waals surface area (Å²) in [4.78, 5) is 31.1. The smallest absolute Gasteiger partial charge is 0.245 e. The van der Waals surface area contributed by atoms with Gasteiger partial charge in [0.2, 0.25) is 11.8 Å². The second kappa shape index (κ2) is 4.35. The molecule has 2 unspecified atom stereocenters. The second-order valence-corrected chi connectivity index (χ2v) is 5.92. The molecule has 2 fully saturated rings. The number of amides is 2. The average molecular weight is 265 g/mol. The first-order valence-electron chi connectivity index (χ1n) is 6.15. The fourth-order valence-electron chi connectivity index (χ4n) is 2.43. The maximum Gasteiger partial charge on any atom is 0.245 e. The molecule has 1 aliphatic heterocycles. The monoisotopic (exact) mass is 265 g/mol. The highest BCUT2D eigenvalue weighted by molar-refractivity contribution is 7.09. The molecule has 2 aliphatic rings. The molecule has 1 aromatic heterocycles. The lowest BCUT2D eigenvalue weighted by molar-refractivity contribution is -0.150. The van der Waals surface area contributed by atoms with Crippen LogP contribution in [0.25, 0.3) is 0 Å². The van der Waals surface area contributed by atoms with Gasteiger partial charge in [-0.25, -0.2) is 0 Å². The molecule has 1 aromatic rings. The molecule has 6 heteroatoms. The van der Waals surface area contributed by atoms with Gasteiger partial charge in [0.25, 0.3) is 0 Å². The minimum atomic E-state index is -0.416. The third-order valence-electron chi connectivity index (χ3n) is 3.49. The van der Waals surface area contributed by atoms with E-state index in [1.54, 1.807) is 23.5 Å². The van der Waals surface area contributed by atoms with Crippen LogP contribution in [-0.2, 0) is 16.1 Å². The molecule has 0 aromatic carbocycles. The molecule has 1 N–H and O–H groups in total. The Bertz CT molecular complexity index is 470. The van der Waals surface area contributed by atoms with Crippen LogP contribution in [0.5, 0.6) is 0 Å². The standard InChI is InChI=1S/C12H15N3O2S/c1-7-12(17)15(5-9-4-13-6-18-9)10(8-2-3-8)11(16)14-7/h4,6-8,10H,2-3,5H2,1H3,(H,14,16). The van der Waals surface area contributed by atoms with Gasteiger partial charge >= 0.3 is 0 Å². The Labute approximate surface area is 109 Å². The number of hydrogen-bond acceptors (Lipinski definition) is 4. The van der Waals surface area contributed by atoms with Gasteiger partial charge in [-0.15, -0.1) is 11.3 Å². The van der Waals surface area contributed by atoms with Crippen LogP contribution in [-0.4, -0.2) is 33.8 Å². The first kappa shape index (κ1) is 11.6. The van der Waals surface area contributed by atoms with Crippen LogP contribution >= 0.6 is 11.3 Å². The van der Waals surface area contributed by atoms with E-state index in [1.165, 1.54) is 11.3 Å². The van der Waals surface area contributed by atoms with E-state index in [2.05, 4.69) is 10.3 Å². The van der Waals surface area contributed by atoms with Crippen LogP contribution in [0, 0.1) is 5.92 Å². The average Bonchev–Trinajstić information content (AvgIpc) is 3.02. The van der Waals surface area contributed by atoms with Crippen LogP contribution in [0.4, 0.5) is 0 Å². The maximum atomic E-state index is 12.2. The van der Waals surface area contributed by atoms with Gasteiger partial charge < -0.3 is 10.2 Å². The van der Waals surface area contributed by atoms with Gasteiger partial charge in [0.15, 0.2) is 0 Å². The molecule has 18 heavy (non-hydrogen) atoms. The number of carbonyl (C=O) groups excluding carboxylic acids is 2. The Morgan fingerprint density at radius 1 is 1.50 bits per heavy atom. The van der Waals surface area contributed by atoms with Crippen molar-refractivity contribution in [3.63, 3.8) is 0 Å². The first-order chi connectivity index (χ1) is 8.66. The topological polar surface area (TPSA) is 62.3 Å². The molecule has 2 amide bonds. The highest BCUT2D eigenvalue weighted by Gasteiger charge is 2.46. The molecule has 0 radical (unpaired) electrons. The summed E-state index contributed by atoms with van der Waals surface area (Å²) in [6, 6.07) is -0.698. The minimum Gasteiger partial charge on any atom is -0.343 e. The van der Waals surface area contributed by atoms with E-state index in [-0.39, 0.29) is 17.9 Å². The van der Waals surface area contributed by atoms with Crippen molar-refractivity contribution < 1.29 is 9.59 Å². The zero-order valence-corrected chi connectivity index (χ0v) is 10.9. The summed E-state index contributed by atoms with van der Waals surface area (Å²) in [5, 5.41) is 2.77. The summed E-state index contributed by atoms with van der Waals surface area (Å²) in [5.74, 6) is 0.350. The lowest BCUT2D eigenvalue weighted by Gasteiger charge is -2.37. The quantitative estimate of drug-likeness (QED) is 0.878. The predicted octanol–water partition coefficient (Wildman–Crippen LogP) is 0.769. The van der Waals surface area contributed by atoms with E-state index in [0.717, 1.165) is 17.7 Å². The molecular formula is C12H15N3O2S. The van der Waals surface area contributed by atoms with Gasteiger partial charge in [-0.1, -0.05) is 0 Å². The third-order valence-corrected chi connectivity index (χ3v) is 4.26. The van der Waals surface area contributed by atoms with Gasteiger partial charge in [-0.3, -0.25) is 14.6 Å². The Kier molecular flexibility index (Phi) is 2.81. The number of aromatic nitrogens is 1. The number of nitrogens with zero attached hydrogens (tertiary/aromatic N) is 2. The zero-order chi connectivity index (χ0) is 12.7. The van der Waals surface area contributed by atoms with Gasteiger partial charge in [-0.2, -0.15) is 0 Å². The van der Waals surface area contributed by atoms with Gasteiger partial charge in [0.1, 0.15) is 12.1 Å². The number of thiazole rings is 1. The molecule has 2 heterocycles. The van der Waals surface area contributed by atoms with E-state index in [0.29, 0.717) is 12.5 Å². The Balaban J connectivity index is 1.85. The van der Waals surface area contributed by atoms with Gasteiger partial charge in [0, 0.05) is 11.1 Å². The van der Waals surface area contributed by atoms with E-state index in [9.17, 15) is 9.59 Å². The van der Waals surface area contributed by atoms with Crippen molar-refractivity contribution in [2.24, 2.45) is 5.92 Å². The number of piperazine rings is 1. The number of rotatable bonds is 3. The molecular weight excluding hydrogens is 250 g/mol. The molecule has 2 atom stereocenters. The first-order valence-corrected chi connectivity index (χ1v) is 7.03. The van der Waals surface area contributed by atoms with Crippen molar-refractivity contribution in [1.29, 1.82) is 0 Å². The Hall–Kier alpha value is -1.43. The van der Waals surface area contributed by atoms with Crippen LogP contribution in [0.2, 0.25) is 0 Å². The van der Waals surface area contributed by atoms with Crippen molar-refractivity contribution in [3.8, 4) is 0 Å². The number of hydrogen-bond donors (Lipinski definition) is 1. The summed E-state index contributed by atoms with van der Waals surface area (Å²) in [7, 11) is 0. The van der Waals surface area contributed by atoms with Gasteiger partial charge in [-0.05, 0) is 25.7 Å². The Morgan fingerprint density at radius 3 is 2.89 bits per heavy atom. The summed E-state index contributed by atoms with van der Waals surface area (Å²) in [6.07, 6.45) is 3.84. The van der Waals surface area contributed by atoms with Crippen molar-refractivity contribution in [2.45, 2.75) is 38.4 Å². The SMILES string of the molecule is CC1NC(=O)C(C2CC2)N(Cc2cncs2)C1=O. The second-order valence-electron chi connectivity index (χ2n) is 4.95. The highest BCUT2D eigenvalue weighted by atomic mass is 32.1. The van der Waals surface area contributed by atoms with E-state index in [1.807, 2.05) is 0 Å². The molecule has 3 rings (SSSR count). The van der Waals surface area contributed by atoms with Crippen molar-refractivity contribution in [3.05, 3.63) is 16.6 Å². The molecule has 96 valence electrons. The summed E-state index contributed by atoms with van der Waals surface area (Å²) in [5.41, 5.74) is 1.75. The summed E-state index contributed by atoms with van der Waals surface area (Å²) in [6.45, 7) is 2.24. The molecule has 1 saturated carbocycles. The van der Waals surface area contributed by atoms with E-state index in [4.69, 9.17) is 0 Å². The molecule has 5 nitrogen and oxygen atoms in total. The van der Waals surface area contributed by atoms with Crippen molar-refractivity contribution in [1.82, 2.24) is 15.2 Å². The van der Waals surface area contributed by atoms with Gasteiger partial charge in [0.05, 0.1) is 12.1 Å². The Morgan fingerprint density at radius 2 is 2.28 bits per heavy atom. The number of carbonyl (C=O) groups is 2. The molecule has 0 spiro atoms. The summed E-state index contributed by atoms with van der Waals surface area (Å²) >= 11 is 1.52. The van der Waals surface area contributed by atoms with Crippen LogP contribution in [0.15, 0.2) is 11.7 Å². The minimum absolute atomic E-state index is 0.00545. The third kappa shape index (κ3) is 2.01. The van der Waals surface area contributed by atoms with E-state index >= 15 is 0 Å². The molecule has 1 saturated heterocycles. The highest BCUT2D eigenvalue weighted by Crippen LogP contribution is 2.37. The van der Waals surface area contributed by atoms with Crippen molar-refractivity contribution in [2.75, 3.05) is 0 Å². The van der Waals surface area contributed by atoms with E-state index < -0.39 is 6.04 Å². The maximum absolute atomic E-state index is 12.2. The fourth-order valence-corrected chi connectivity index (χ4v) is 3.03. The van der Waals surface area contributed by atoms with Crippen LogP contribution in [0.3, 0.4) is 0 Å². The molecule has 0 bridgehead atoms.